The topological polar surface area (TPSA) is 72.8 Å². The van der Waals surface area contributed by atoms with Crippen LogP contribution in [0.2, 0.25) is 0 Å². The monoisotopic (exact) mass is 975 g/mol. The molecular weight excluding hydrogens is 849 g/mol. The van der Waals surface area contributed by atoms with E-state index in [4.69, 9.17) is 9.47 Å². The number of rotatable bonds is 61. The highest BCUT2D eigenvalue weighted by Crippen LogP contribution is 2.19. The van der Waals surface area contributed by atoms with E-state index < -0.39 is 6.10 Å². The maximum absolute atomic E-state index is 12.3. The molecule has 0 aliphatic rings. The lowest BCUT2D eigenvalue weighted by Crippen LogP contribution is -2.28. The molecule has 0 aromatic heterocycles. The van der Waals surface area contributed by atoms with E-state index in [2.05, 4.69) is 13.8 Å². The molecule has 0 amide bonds. The first-order valence-electron chi connectivity index (χ1n) is 32.1. The zero-order valence-electron chi connectivity index (χ0n) is 47.4. The second kappa shape index (κ2) is 61.2. The lowest BCUT2D eigenvalue weighted by atomic mass is 10.0. The van der Waals surface area contributed by atoms with Gasteiger partial charge in [0, 0.05) is 12.8 Å². The van der Waals surface area contributed by atoms with Crippen LogP contribution < -0.4 is 0 Å². The van der Waals surface area contributed by atoms with Crippen LogP contribution in [0.3, 0.4) is 0 Å². The highest BCUT2D eigenvalue weighted by molar-refractivity contribution is 5.70. The molecule has 0 bridgehead atoms. The zero-order chi connectivity index (χ0) is 49.9. The third kappa shape index (κ3) is 59.4. The van der Waals surface area contributed by atoms with Gasteiger partial charge in [-0.3, -0.25) is 9.59 Å². The molecule has 1 N–H and O–H groups in total. The predicted octanol–water partition coefficient (Wildman–Crippen LogP) is 21.7. The molecular formula is C64H126O5. The fourth-order valence-corrected chi connectivity index (χ4v) is 10.3. The van der Waals surface area contributed by atoms with Gasteiger partial charge < -0.3 is 14.6 Å². The molecule has 5 heteroatoms. The number of aliphatic hydroxyl groups is 1. The Balaban J connectivity index is 3.34. The number of esters is 2. The summed E-state index contributed by atoms with van der Waals surface area (Å²) in [7, 11) is 0. The standard InChI is InChI=1S/C64H126O5/c1-3-5-7-9-11-13-15-17-19-21-23-24-25-26-27-28-29-30-31-32-33-34-35-36-37-38-39-41-43-45-47-49-51-53-55-57-59-64(67)69-62(60-65)61-68-63(66)58-56-54-52-50-48-46-44-42-40-22-20-18-16-14-12-10-8-6-4-2/h62,65H,3-61H2,1-2H3. The average Bonchev–Trinajstić information content (AvgIpc) is 3.35. The van der Waals surface area contributed by atoms with Gasteiger partial charge in [0.15, 0.2) is 6.10 Å². The highest BCUT2D eigenvalue weighted by Gasteiger charge is 2.16. The summed E-state index contributed by atoms with van der Waals surface area (Å²) < 4.78 is 10.7. The van der Waals surface area contributed by atoms with Gasteiger partial charge in [-0.1, -0.05) is 354 Å². The minimum atomic E-state index is -0.764. The van der Waals surface area contributed by atoms with Gasteiger partial charge >= 0.3 is 11.9 Å². The van der Waals surface area contributed by atoms with Gasteiger partial charge in [0.05, 0.1) is 6.61 Å². The normalized spacial score (nSPS) is 12.0. The Morgan fingerprint density at radius 3 is 0.638 bits per heavy atom. The number of ether oxygens (including phenoxy) is 2. The molecule has 0 fully saturated rings. The molecule has 412 valence electrons. The minimum absolute atomic E-state index is 0.0556. The molecule has 0 saturated carbocycles. The third-order valence-electron chi connectivity index (χ3n) is 15.2. The summed E-state index contributed by atoms with van der Waals surface area (Å²) >= 11 is 0. The molecule has 0 aliphatic heterocycles. The first kappa shape index (κ1) is 67.9. The van der Waals surface area contributed by atoms with Crippen molar-refractivity contribution in [2.45, 2.75) is 386 Å². The molecule has 1 atom stereocenters. The predicted molar refractivity (Wildman–Crippen MR) is 302 cm³/mol. The SMILES string of the molecule is CCCCCCCCCCCCCCCCCCCCCCCCCCCCCCCCCCCCCCC(=O)OC(CO)COC(=O)CCCCCCCCCCCCCCCCCCCCC. The molecule has 1 unspecified atom stereocenters. The summed E-state index contributed by atoms with van der Waals surface area (Å²) in [6, 6.07) is 0. The number of hydrogen-bond acceptors (Lipinski definition) is 5. The van der Waals surface area contributed by atoms with Crippen molar-refractivity contribution in [3.05, 3.63) is 0 Å². The van der Waals surface area contributed by atoms with Crippen molar-refractivity contribution >= 4 is 11.9 Å². The van der Waals surface area contributed by atoms with Crippen LogP contribution in [-0.2, 0) is 19.1 Å². The Kier molecular flexibility index (Phi) is 60.2. The fraction of sp³-hybridized carbons (Fsp3) is 0.969. The summed E-state index contributed by atoms with van der Waals surface area (Å²) in [4.78, 5) is 24.5. The molecule has 69 heavy (non-hydrogen) atoms. The summed E-state index contributed by atoms with van der Waals surface area (Å²) in [6.07, 6.45) is 75.6. The quantitative estimate of drug-likeness (QED) is 0.0486. The van der Waals surface area contributed by atoms with E-state index in [9.17, 15) is 14.7 Å². The lowest BCUT2D eigenvalue weighted by molar-refractivity contribution is -0.161. The molecule has 0 heterocycles. The van der Waals surface area contributed by atoms with Crippen LogP contribution in [0.4, 0.5) is 0 Å². The van der Waals surface area contributed by atoms with E-state index in [0.717, 1.165) is 32.1 Å². The van der Waals surface area contributed by atoms with Crippen molar-refractivity contribution in [2.75, 3.05) is 13.2 Å². The summed E-state index contributed by atoms with van der Waals surface area (Å²) in [6.45, 7) is 4.21. The Morgan fingerprint density at radius 1 is 0.275 bits per heavy atom. The van der Waals surface area contributed by atoms with E-state index in [1.807, 2.05) is 0 Å². The summed E-state index contributed by atoms with van der Waals surface area (Å²) in [5, 5.41) is 9.67. The first-order chi connectivity index (χ1) is 34.1. The lowest BCUT2D eigenvalue weighted by Gasteiger charge is -2.15. The molecule has 0 aromatic rings. The highest BCUT2D eigenvalue weighted by atomic mass is 16.6. The van der Waals surface area contributed by atoms with Gasteiger partial charge in [0.1, 0.15) is 6.61 Å². The van der Waals surface area contributed by atoms with E-state index in [1.54, 1.807) is 0 Å². The van der Waals surface area contributed by atoms with Crippen molar-refractivity contribution in [1.82, 2.24) is 0 Å². The van der Waals surface area contributed by atoms with Crippen LogP contribution in [0.1, 0.15) is 380 Å². The maximum atomic E-state index is 12.3. The van der Waals surface area contributed by atoms with Crippen LogP contribution in [0, 0.1) is 0 Å². The summed E-state index contributed by atoms with van der Waals surface area (Å²) in [5.41, 5.74) is 0. The van der Waals surface area contributed by atoms with Gasteiger partial charge in [-0.15, -0.1) is 0 Å². The van der Waals surface area contributed by atoms with Crippen LogP contribution in [0.15, 0.2) is 0 Å². The smallest absolute Gasteiger partial charge is 0.306 e. The van der Waals surface area contributed by atoms with Crippen molar-refractivity contribution in [3.8, 4) is 0 Å². The third-order valence-corrected chi connectivity index (χ3v) is 15.2. The van der Waals surface area contributed by atoms with Crippen LogP contribution in [0.5, 0.6) is 0 Å². The van der Waals surface area contributed by atoms with Gasteiger partial charge in [-0.05, 0) is 12.8 Å². The number of hydrogen-bond donors (Lipinski definition) is 1. The Bertz CT molecular complexity index is 968. The molecule has 0 aliphatic carbocycles. The molecule has 0 rings (SSSR count). The van der Waals surface area contributed by atoms with Crippen LogP contribution in [-0.4, -0.2) is 36.4 Å². The maximum Gasteiger partial charge on any atom is 0.306 e. The zero-order valence-corrected chi connectivity index (χ0v) is 47.4. The average molecular weight is 976 g/mol. The molecule has 0 radical (unpaired) electrons. The minimum Gasteiger partial charge on any atom is -0.462 e. The number of carbonyl (C=O) groups is 2. The Labute approximate surface area is 433 Å². The van der Waals surface area contributed by atoms with E-state index in [-0.39, 0.29) is 25.2 Å². The second-order valence-electron chi connectivity index (χ2n) is 22.2. The number of aliphatic hydroxyl groups excluding tert-OH is 1. The van der Waals surface area contributed by atoms with Gasteiger partial charge in [-0.2, -0.15) is 0 Å². The van der Waals surface area contributed by atoms with E-state index >= 15 is 0 Å². The van der Waals surface area contributed by atoms with E-state index in [0.29, 0.717) is 12.8 Å². The van der Waals surface area contributed by atoms with E-state index in [1.165, 1.54) is 321 Å². The van der Waals surface area contributed by atoms with Crippen LogP contribution in [0.25, 0.3) is 0 Å². The number of carbonyl (C=O) groups excluding carboxylic acids is 2. The molecule has 5 nitrogen and oxygen atoms in total. The Hall–Kier alpha value is -1.10. The van der Waals surface area contributed by atoms with Crippen molar-refractivity contribution in [2.24, 2.45) is 0 Å². The second-order valence-corrected chi connectivity index (χ2v) is 22.2. The molecule has 0 saturated heterocycles. The van der Waals surface area contributed by atoms with Gasteiger partial charge in [0.25, 0.3) is 0 Å². The Morgan fingerprint density at radius 2 is 0.449 bits per heavy atom. The molecule has 0 aromatic carbocycles. The van der Waals surface area contributed by atoms with Gasteiger partial charge in [0.2, 0.25) is 0 Å². The van der Waals surface area contributed by atoms with Crippen molar-refractivity contribution in [3.63, 3.8) is 0 Å². The van der Waals surface area contributed by atoms with Crippen molar-refractivity contribution in [1.29, 1.82) is 0 Å². The van der Waals surface area contributed by atoms with Gasteiger partial charge in [-0.25, -0.2) is 0 Å². The summed E-state index contributed by atoms with van der Waals surface area (Å²) in [5.74, 6) is -0.562. The fourth-order valence-electron chi connectivity index (χ4n) is 10.3. The van der Waals surface area contributed by atoms with Crippen molar-refractivity contribution < 1.29 is 24.2 Å². The van der Waals surface area contributed by atoms with Crippen LogP contribution >= 0.6 is 0 Å². The molecule has 0 spiro atoms. The first-order valence-corrected chi connectivity index (χ1v) is 32.1. The number of unbranched alkanes of at least 4 members (excludes halogenated alkanes) is 53. The largest absolute Gasteiger partial charge is 0.462 e.